The minimum absolute atomic E-state index is 0.233. The predicted molar refractivity (Wildman–Crippen MR) is 74.8 cm³/mol. The van der Waals surface area contributed by atoms with Crippen molar-refractivity contribution < 1.29 is 27.9 Å². The largest absolute Gasteiger partial charge is 0.480 e. The molecule has 0 unspecified atom stereocenters. The van der Waals surface area contributed by atoms with E-state index in [1.807, 2.05) is 0 Å². The van der Waals surface area contributed by atoms with Crippen LogP contribution >= 0.6 is 0 Å². The van der Waals surface area contributed by atoms with E-state index in [2.05, 4.69) is 10.3 Å². The molecule has 126 valence electrons. The van der Waals surface area contributed by atoms with Gasteiger partial charge in [0, 0.05) is 6.20 Å². The normalized spacial score (nSPS) is 18.0. The fourth-order valence-corrected chi connectivity index (χ4v) is 2.70. The van der Waals surface area contributed by atoms with Gasteiger partial charge in [0.25, 0.3) is 5.91 Å². The summed E-state index contributed by atoms with van der Waals surface area (Å²) in [6, 6.07) is 1.70. The van der Waals surface area contributed by atoms with Crippen molar-refractivity contribution in [2.45, 2.75) is 50.2 Å². The molecular weight excluding hydrogens is 313 g/mol. The Bertz CT molecular complexity index is 577. The summed E-state index contributed by atoms with van der Waals surface area (Å²) in [6.45, 7) is 0. The molecule has 5 nitrogen and oxygen atoms in total. The van der Waals surface area contributed by atoms with Gasteiger partial charge in [0.1, 0.15) is 11.2 Å². The van der Waals surface area contributed by atoms with Crippen LogP contribution in [0.15, 0.2) is 18.3 Å². The van der Waals surface area contributed by atoms with Gasteiger partial charge < -0.3 is 10.4 Å². The molecule has 0 radical (unpaired) electrons. The molecule has 1 aromatic rings. The average molecular weight is 330 g/mol. The first kappa shape index (κ1) is 17.2. The standard InChI is InChI=1S/C15H17F3N2O3/c16-15(17,18)10-5-6-11(19-9-10)12(21)20-14(13(22)23)7-3-1-2-4-8-14/h5-6,9H,1-4,7-8H2,(H,20,21)(H,22,23). The third-order valence-electron chi connectivity index (χ3n) is 4.04. The van der Waals surface area contributed by atoms with Crippen LogP contribution in [0.25, 0.3) is 0 Å². The summed E-state index contributed by atoms with van der Waals surface area (Å²) < 4.78 is 37.5. The number of hydrogen-bond donors (Lipinski definition) is 2. The number of carboxylic acids is 1. The van der Waals surface area contributed by atoms with Gasteiger partial charge in [0.2, 0.25) is 0 Å². The van der Waals surface area contributed by atoms with Gasteiger partial charge in [-0.3, -0.25) is 9.78 Å². The number of carbonyl (C=O) groups excluding carboxylic acids is 1. The quantitative estimate of drug-likeness (QED) is 0.835. The first-order valence-electron chi connectivity index (χ1n) is 7.34. The highest BCUT2D eigenvalue weighted by molar-refractivity contribution is 5.96. The Hall–Kier alpha value is -2.12. The first-order valence-corrected chi connectivity index (χ1v) is 7.34. The molecule has 1 heterocycles. The fourth-order valence-electron chi connectivity index (χ4n) is 2.70. The van der Waals surface area contributed by atoms with Crippen molar-refractivity contribution in [3.8, 4) is 0 Å². The summed E-state index contributed by atoms with van der Waals surface area (Å²) in [5.41, 5.74) is -2.57. The monoisotopic (exact) mass is 330 g/mol. The van der Waals surface area contributed by atoms with Gasteiger partial charge >= 0.3 is 12.1 Å². The average Bonchev–Trinajstić information content (AvgIpc) is 2.73. The predicted octanol–water partition coefficient (Wildman–Crippen LogP) is 3.01. The van der Waals surface area contributed by atoms with Crippen LogP contribution in [0, 0.1) is 0 Å². The minimum atomic E-state index is -4.54. The highest BCUT2D eigenvalue weighted by Crippen LogP contribution is 2.29. The number of hydrogen-bond acceptors (Lipinski definition) is 3. The van der Waals surface area contributed by atoms with E-state index >= 15 is 0 Å². The van der Waals surface area contributed by atoms with Crippen molar-refractivity contribution in [1.82, 2.24) is 10.3 Å². The van der Waals surface area contributed by atoms with Crippen LogP contribution < -0.4 is 5.32 Å². The van der Waals surface area contributed by atoms with Crippen molar-refractivity contribution in [2.24, 2.45) is 0 Å². The third-order valence-corrected chi connectivity index (χ3v) is 4.04. The maximum absolute atomic E-state index is 12.5. The molecule has 23 heavy (non-hydrogen) atoms. The molecule has 0 saturated heterocycles. The molecule has 2 rings (SSSR count). The molecule has 8 heteroatoms. The third kappa shape index (κ3) is 4.00. The van der Waals surface area contributed by atoms with Crippen LogP contribution in [0.1, 0.15) is 54.6 Å². The number of halogens is 3. The summed E-state index contributed by atoms with van der Waals surface area (Å²) >= 11 is 0. The van der Waals surface area contributed by atoms with Crippen molar-refractivity contribution in [2.75, 3.05) is 0 Å². The Morgan fingerprint density at radius 3 is 2.17 bits per heavy atom. The SMILES string of the molecule is O=C(NC1(C(=O)O)CCCCCC1)c1ccc(C(F)(F)F)cn1. The second-order valence-corrected chi connectivity index (χ2v) is 5.69. The van der Waals surface area contributed by atoms with Crippen molar-refractivity contribution in [1.29, 1.82) is 0 Å². The summed E-state index contributed by atoms with van der Waals surface area (Å²) in [7, 11) is 0. The minimum Gasteiger partial charge on any atom is -0.480 e. The highest BCUT2D eigenvalue weighted by atomic mass is 19.4. The van der Waals surface area contributed by atoms with Crippen LogP contribution in [0.5, 0.6) is 0 Å². The number of pyridine rings is 1. The Balaban J connectivity index is 2.17. The van der Waals surface area contributed by atoms with Gasteiger partial charge in [0.05, 0.1) is 5.56 Å². The zero-order valence-corrected chi connectivity index (χ0v) is 12.3. The van der Waals surface area contributed by atoms with E-state index in [-0.39, 0.29) is 5.69 Å². The van der Waals surface area contributed by atoms with Crippen LogP contribution in [0.3, 0.4) is 0 Å². The highest BCUT2D eigenvalue weighted by Gasteiger charge is 2.40. The molecule has 0 bridgehead atoms. The number of aliphatic carboxylic acids is 1. The van der Waals surface area contributed by atoms with Crippen LogP contribution in [-0.2, 0) is 11.0 Å². The molecule has 1 aliphatic carbocycles. The lowest BCUT2D eigenvalue weighted by Gasteiger charge is -2.29. The number of carbonyl (C=O) groups is 2. The number of carboxylic acid groups (broad SMARTS) is 1. The molecule has 2 N–H and O–H groups in total. The number of aromatic nitrogens is 1. The maximum atomic E-state index is 12.5. The van der Waals surface area contributed by atoms with Gasteiger partial charge in [-0.05, 0) is 25.0 Å². The van der Waals surface area contributed by atoms with E-state index in [1.54, 1.807) is 0 Å². The zero-order valence-electron chi connectivity index (χ0n) is 12.3. The topological polar surface area (TPSA) is 79.3 Å². The van der Waals surface area contributed by atoms with E-state index in [0.29, 0.717) is 31.9 Å². The van der Waals surface area contributed by atoms with Crippen LogP contribution in [-0.4, -0.2) is 27.5 Å². The van der Waals surface area contributed by atoms with E-state index in [1.165, 1.54) is 0 Å². The van der Waals surface area contributed by atoms with Crippen molar-refractivity contribution in [3.63, 3.8) is 0 Å². The summed E-state index contributed by atoms with van der Waals surface area (Å²) in [6.07, 6.45) is -0.239. The number of nitrogens with zero attached hydrogens (tertiary/aromatic N) is 1. The Morgan fingerprint density at radius 1 is 1.13 bits per heavy atom. The van der Waals surface area contributed by atoms with Gasteiger partial charge in [-0.15, -0.1) is 0 Å². The van der Waals surface area contributed by atoms with Gasteiger partial charge in [0.15, 0.2) is 0 Å². The second-order valence-electron chi connectivity index (χ2n) is 5.69. The fraction of sp³-hybridized carbons (Fsp3) is 0.533. The smallest absolute Gasteiger partial charge is 0.417 e. The first-order chi connectivity index (χ1) is 10.7. The maximum Gasteiger partial charge on any atom is 0.417 e. The number of nitrogens with one attached hydrogen (secondary N) is 1. The van der Waals surface area contributed by atoms with E-state index in [4.69, 9.17) is 0 Å². The number of rotatable bonds is 3. The van der Waals surface area contributed by atoms with E-state index < -0.39 is 29.2 Å². The Morgan fingerprint density at radius 2 is 1.74 bits per heavy atom. The Labute approximate surface area is 130 Å². The second kappa shape index (κ2) is 6.55. The van der Waals surface area contributed by atoms with E-state index in [0.717, 1.165) is 25.0 Å². The summed E-state index contributed by atoms with van der Waals surface area (Å²) in [5.74, 6) is -1.90. The van der Waals surface area contributed by atoms with E-state index in [9.17, 15) is 27.9 Å². The molecule has 1 saturated carbocycles. The summed E-state index contributed by atoms with van der Waals surface area (Å²) in [5, 5.41) is 11.9. The molecule has 0 atom stereocenters. The van der Waals surface area contributed by atoms with Gasteiger partial charge in [-0.2, -0.15) is 13.2 Å². The molecule has 1 amide bonds. The van der Waals surface area contributed by atoms with Crippen molar-refractivity contribution >= 4 is 11.9 Å². The lowest BCUT2D eigenvalue weighted by atomic mass is 9.90. The molecule has 0 spiro atoms. The lowest BCUT2D eigenvalue weighted by molar-refractivity contribution is -0.145. The number of alkyl halides is 3. The lowest BCUT2D eigenvalue weighted by Crippen LogP contribution is -2.54. The molecule has 1 fully saturated rings. The zero-order chi connectivity index (χ0) is 17.1. The van der Waals surface area contributed by atoms with Crippen LogP contribution in [0.4, 0.5) is 13.2 Å². The molecule has 0 aromatic carbocycles. The molecule has 1 aromatic heterocycles. The van der Waals surface area contributed by atoms with Crippen LogP contribution in [0.2, 0.25) is 0 Å². The number of amides is 1. The van der Waals surface area contributed by atoms with Gasteiger partial charge in [-0.25, -0.2) is 4.79 Å². The summed E-state index contributed by atoms with van der Waals surface area (Å²) in [4.78, 5) is 27.3. The molecular formula is C15H17F3N2O3. The molecule has 1 aliphatic rings. The van der Waals surface area contributed by atoms with Crippen molar-refractivity contribution in [3.05, 3.63) is 29.6 Å². The van der Waals surface area contributed by atoms with Gasteiger partial charge in [-0.1, -0.05) is 25.7 Å². The molecule has 0 aliphatic heterocycles. The Kier molecular flexibility index (Phi) is 4.91.